The highest BCUT2D eigenvalue weighted by molar-refractivity contribution is 7.98. The Bertz CT molecular complexity index is 419. The average molecular weight is 241 g/mol. The molecular weight excluding hydrogens is 230 g/mol. The van der Waals surface area contributed by atoms with Gasteiger partial charge in [0, 0.05) is 11.0 Å². The van der Waals surface area contributed by atoms with Gasteiger partial charge in [-0.25, -0.2) is 4.79 Å². The lowest BCUT2D eigenvalue weighted by atomic mass is 10.2. The highest BCUT2D eigenvalue weighted by atomic mass is 32.2. The fraction of sp³-hybridized carbons (Fsp3) is 0.300. The maximum absolute atomic E-state index is 11.5. The smallest absolute Gasteiger partial charge is 0.345 e. The minimum absolute atomic E-state index is 0.00120. The molecule has 0 aliphatic rings. The second-order valence-corrected chi connectivity index (χ2v) is 3.74. The van der Waals surface area contributed by atoms with Crippen LogP contribution < -0.4 is 0 Å². The van der Waals surface area contributed by atoms with Crippen LogP contribution in [0.5, 0.6) is 0 Å². The molecule has 86 valence electrons. The third-order valence-electron chi connectivity index (χ3n) is 1.90. The van der Waals surface area contributed by atoms with Crippen LogP contribution in [0.3, 0.4) is 0 Å². The Kier molecular flexibility index (Phi) is 4.30. The summed E-state index contributed by atoms with van der Waals surface area (Å²) in [5.74, 6) is -0.662. The van der Waals surface area contributed by atoms with Crippen molar-refractivity contribution in [2.24, 2.45) is 0 Å². The molecule has 0 unspecified atom stereocenters. The van der Waals surface area contributed by atoms with E-state index in [2.05, 4.69) is 0 Å². The Hall–Kier alpha value is -1.56. The van der Waals surface area contributed by atoms with Crippen molar-refractivity contribution < 1.29 is 14.5 Å². The first-order valence-electron chi connectivity index (χ1n) is 4.59. The lowest BCUT2D eigenvalue weighted by Gasteiger charge is -2.04. The summed E-state index contributed by atoms with van der Waals surface area (Å²) >= 11 is 1.41. The van der Waals surface area contributed by atoms with Crippen LogP contribution in [0.1, 0.15) is 17.3 Å². The largest absolute Gasteiger partial charge is 0.462 e. The van der Waals surface area contributed by atoms with E-state index < -0.39 is 10.9 Å². The van der Waals surface area contributed by atoms with E-state index in [9.17, 15) is 14.9 Å². The predicted molar refractivity (Wildman–Crippen MR) is 60.8 cm³/mol. The van der Waals surface area contributed by atoms with Gasteiger partial charge < -0.3 is 4.74 Å². The monoisotopic (exact) mass is 241 g/mol. The highest BCUT2D eigenvalue weighted by Crippen LogP contribution is 2.25. The minimum atomic E-state index is -0.662. The molecule has 0 bridgehead atoms. The summed E-state index contributed by atoms with van der Waals surface area (Å²) in [5.41, 5.74) is -0.227. The standard InChI is InChI=1S/C10H11NO4S/c1-3-15-10(12)8-6-7(16-2)4-5-9(8)11(13)14/h4-6H,3H2,1-2H3. The molecule has 16 heavy (non-hydrogen) atoms. The number of nitro benzene ring substituents is 1. The summed E-state index contributed by atoms with van der Waals surface area (Å²) in [6.07, 6.45) is 1.83. The molecule has 0 atom stereocenters. The molecule has 1 aromatic rings. The Morgan fingerprint density at radius 2 is 2.25 bits per heavy atom. The van der Waals surface area contributed by atoms with E-state index in [4.69, 9.17) is 4.74 Å². The van der Waals surface area contributed by atoms with Crippen LogP contribution >= 0.6 is 11.8 Å². The fourth-order valence-corrected chi connectivity index (χ4v) is 1.61. The van der Waals surface area contributed by atoms with Crippen LogP contribution in [0.2, 0.25) is 0 Å². The number of hydrogen-bond acceptors (Lipinski definition) is 5. The zero-order valence-electron chi connectivity index (χ0n) is 8.93. The summed E-state index contributed by atoms with van der Waals surface area (Å²) in [6, 6.07) is 4.39. The van der Waals surface area contributed by atoms with Crippen molar-refractivity contribution in [3.05, 3.63) is 33.9 Å². The van der Waals surface area contributed by atoms with Crippen molar-refractivity contribution in [3.8, 4) is 0 Å². The zero-order chi connectivity index (χ0) is 12.1. The first kappa shape index (κ1) is 12.5. The number of esters is 1. The van der Waals surface area contributed by atoms with Crippen LogP contribution in [0.4, 0.5) is 5.69 Å². The molecule has 0 amide bonds. The van der Waals surface area contributed by atoms with E-state index in [1.165, 1.54) is 23.9 Å². The van der Waals surface area contributed by atoms with Gasteiger partial charge in [-0.1, -0.05) is 0 Å². The fourth-order valence-electron chi connectivity index (χ4n) is 1.17. The van der Waals surface area contributed by atoms with Gasteiger partial charge in [-0.2, -0.15) is 0 Å². The lowest BCUT2D eigenvalue weighted by Crippen LogP contribution is -2.08. The topological polar surface area (TPSA) is 69.4 Å². The van der Waals surface area contributed by atoms with Gasteiger partial charge in [0.2, 0.25) is 0 Å². The van der Waals surface area contributed by atoms with E-state index in [1.54, 1.807) is 13.0 Å². The van der Waals surface area contributed by atoms with Gasteiger partial charge in [0.05, 0.1) is 11.5 Å². The molecule has 0 heterocycles. The van der Waals surface area contributed by atoms with Crippen LogP contribution in [-0.2, 0) is 4.74 Å². The summed E-state index contributed by atoms with van der Waals surface area (Å²) in [5, 5.41) is 10.7. The predicted octanol–water partition coefficient (Wildman–Crippen LogP) is 2.49. The van der Waals surface area contributed by atoms with Crippen molar-refractivity contribution in [3.63, 3.8) is 0 Å². The normalized spacial score (nSPS) is 9.88. The van der Waals surface area contributed by atoms with Gasteiger partial charge >= 0.3 is 5.97 Å². The summed E-state index contributed by atoms with van der Waals surface area (Å²) in [6.45, 7) is 1.85. The molecule has 6 heteroatoms. The van der Waals surface area contributed by atoms with Gasteiger partial charge in [-0.05, 0) is 25.3 Å². The summed E-state index contributed by atoms with van der Waals surface area (Å²) < 4.78 is 4.77. The number of nitro groups is 1. The number of rotatable bonds is 4. The average Bonchev–Trinajstić information content (AvgIpc) is 2.28. The quantitative estimate of drug-likeness (QED) is 0.350. The van der Waals surface area contributed by atoms with Crippen molar-refractivity contribution in [1.29, 1.82) is 0 Å². The molecule has 0 saturated carbocycles. The van der Waals surface area contributed by atoms with Crippen molar-refractivity contribution >= 4 is 23.4 Å². The molecule has 0 fully saturated rings. The molecule has 0 aromatic heterocycles. The molecule has 0 N–H and O–H groups in total. The second-order valence-electron chi connectivity index (χ2n) is 2.86. The van der Waals surface area contributed by atoms with Crippen molar-refractivity contribution in [2.45, 2.75) is 11.8 Å². The maximum Gasteiger partial charge on any atom is 0.345 e. The molecule has 1 aromatic carbocycles. The van der Waals surface area contributed by atoms with Crippen LogP contribution in [0.25, 0.3) is 0 Å². The number of hydrogen-bond donors (Lipinski definition) is 0. The molecule has 5 nitrogen and oxygen atoms in total. The zero-order valence-corrected chi connectivity index (χ0v) is 9.74. The number of thioether (sulfide) groups is 1. The van der Waals surface area contributed by atoms with Crippen LogP contribution in [0, 0.1) is 10.1 Å². The lowest BCUT2D eigenvalue weighted by molar-refractivity contribution is -0.385. The maximum atomic E-state index is 11.5. The third-order valence-corrected chi connectivity index (χ3v) is 2.62. The van der Waals surface area contributed by atoms with E-state index in [1.807, 2.05) is 6.26 Å². The van der Waals surface area contributed by atoms with E-state index in [0.29, 0.717) is 0 Å². The number of benzene rings is 1. The van der Waals surface area contributed by atoms with Gasteiger partial charge in [-0.3, -0.25) is 10.1 Å². The van der Waals surface area contributed by atoms with Crippen LogP contribution in [0.15, 0.2) is 23.1 Å². The minimum Gasteiger partial charge on any atom is -0.462 e. The third kappa shape index (κ3) is 2.73. The van der Waals surface area contributed by atoms with Crippen molar-refractivity contribution in [2.75, 3.05) is 12.9 Å². The van der Waals surface area contributed by atoms with Crippen LogP contribution in [-0.4, -0.2) is 23.8 Å². The Labute approximate surface area is 96.9 Å². The number of ether oxygens (including phenoxy) is 1. The molecule has 0 aliphatic heterocycles. The van der Waals surface area contributed by atoms with Gasteiger partial charge in [0.1, 0.15) is 5.56 Å². The number of nitrogens with zero attached hydrogens (tertiary/aromatic N) is 1. The number of carbonyl (C=O) groups excluding carboxylic acids is 1. The van der Waals surface area contributed by atoms with Gasteiger partial charge in [0.15, 0.2) is 0 Å². The first-order valence-corrected chi connectivity index (χ1v) is 5.82. The van der Waals surface area contributed by atoms with E-state index >= 15 is 0 Å². The Morgan fingerprint density at radius 3 is 2.75 bits per heavy atom. The Morgan fingerprint density at radius 1 is 1.56 bits per heavy atom. The molecule has 0 saturated heterocycles. The summed E-state index contributed by atoms with van der Waals surface area (Å²) in [4.78, 5) is 22.4. The van der Waals surface area contributed by atoms with Crippen molar-refractivity contribution in [1.82, 2.24) is 0 Å². The highest BCUT2D eigenvalue weighted by Gasteiger charge is 2.21. The molecule has 1 rings (SSSR count). The van der Waals surface area contributed by atoms with E-state index in [0.717, 1.165) is 4.90 Å². The SMILES string of the molecule is CCOC(=O)c1cc(SC)ccc1[N+](=O)[O-]. The molecule has 0 radical (unpaired) electrons. The summed E-state index contributed by atoms with van der Waals surface area (Å²) in [7, 11) is 0. The first-order chi connectivity index (χ1) is 7.60. The van der Waals surface area contributed by atoms with Gasteiger partial charge in [0.25, 0.3) is 5.69 Å². The molecule has 0 aliphatic carbocycles. The van der Waals surface area contributed by atoms with Gasteiger partial charge in [-0.15, -0.1) is 11.8 Å². The Balaban J connectivity index is 3.20. The van der Waals surface area contributed by atoms with E-state index in [-0.39, 0.29) is 17.9 Å². The number of carbonyl (C=O) groups is 1. The molecule has 0 spiro atoms. The molecular formula is C10H11NO4S. The second kappa shape index (κ2) is 5.50.